The predicted octanol–water partition coefficient (Wildman–Crippen LogP) is 2.60. The van der Waals surface area contributed by atoms with Crippen LogP contribution >= 0.6 is 0 Å². The predicted molar refractivity (Wildman–Crippen MR) is 91.0 cm³/mol. The van der Waals surface area contributed by atoms with E-state index in [4.69, 9.17) is 10.2 Å². The van der Waals surface area contributed by atoms with Gasteiger partial charge in [-0.15, -0.1) is 0 Å². The van der Waals surface area contributed by atoms with E-state index < -0.39 is 0 Å². The lowest BCUT2D eigenvalue weighted by Gasteiger charge is -2.31. The van der Waals surface area contributed by atoms with Gasteiger partial charge in [-0.05, 0) is 25.0 Å². The summed E-state index contributed by atoms with van der Waals surface area (Å²) in [4.78, 5) is 25.4. The number of rotatable bonds is 5. The van der Waals surface area contributed by atoms with Crippen LogP contribution in [-0.2, 0) is 16.0 Å². The molecule has 5 heteroatoms. The minimum atomic E-state index is -0.314. The molecule has 1 aliphatic heterocycles. The Labute approximate surface area is 141 Å². The van der Waals surface area contributed by atoms with Crippen molar-refractivity contribution >= 4 is 11.8 Å². The van der Waals surface area contributed by atoms with Gasteiger partial charge in [-0.1, -0.05) is 30.3 Å². The monoisotopic (exact) mass is 326 g/mol. The van der Waals surface area contributed by atoms with Crippen molar-refractivity contribution in [1.82, 2.24) is 4.90 Å². The van der Waals surface area contributed by atoms with E-state index in [9.17, 15) is 9.59 Å². The van der Waals surface area contributed by atoms with Crippen molar-refractivity contribution in [2.24, 2.45) is 11.7 Å². The van der Waals surface area contributed by atoms with Crippen LogP contribution in [0, 0.1) is 5.92 Å². The summed E-state index contributed by atoms with van der Waals surface area (Å²) in [7, 11) is 0. The van der Waals surface area contributed by atoms with Gasteiger partial charge >= 0.3 is 0 Å². The molecule has 2 heterocycles. The zero-order valence-corrected chi connectivity index (χ0v) is 13.6. The van der Waals surface area contributed by atoms with Gasteiger partial charge in [0.2, 0.25) is 11.8 Å². The van der Waals surface area contributed by atoms with Crippen molar-refractivity contribution in [3.8, 4) is 11.3 Å². The maximum atomic E-state index is 12.3. The number of hydrogen-bond donors (Lipinski definition) is 1. The summed E-state index contributed by atoms with van der Waals surface area (Å²) in [5, 5.41) is 0. The van der Waals surface area contributed by atoms with E-state index in [0.29, 0.717) is 25.9 Å². The minimum Gasteiger partial charge on any atom is -0.461 e. The molecule has 1 fully saturated rings. The third-order valence-corrected chi connectivity index (χ3v) is 4.48. The Morgan fingerprint density at radius 1 is 1.17 bits per heavy atom. The molecule has 0 aliphatic carbocycles. The second kappa shape index (κ2) is 7.34. The SMILES string of the molecule is NC(=O)C1CCCN(C(=O)CCc2ccc(-c3ccccc3)o2)C1. The fourth-order valence-corrected chi connectivity index (χ4v) is 3.09. The highest BCUT2D eigenvalue weighted by molar-refractivity contribution is 5.80. The average molecular weight is 326 g/mol. The van der Waals surface area contributed by atoms with Crippen LogP contribution in [0.15, 0.2) is 46.9 Å². The quantitative estimate of drug-likeness (QED) is 0.917. The van der Waals surface area contributed by atoms with Crippen LogP contribution in [0.3, 0.4) is 0 Å². The smallest absolute Gasteiger partial charge is 0.223 e. The van der Waals surface area contributed by atoms with Crippen molar-refractivity contribution in [3.63, 3.8) is 0 Å². The Bertz CT molecular complexity index is 708. The van der Waals surface area contributed by atoms with Gasteiger partial charge in [0.15, 0.2) is 0 Å². The van der Waals surface area contributed by atoms with E-state index in [1.807, 2.05) is 42.5 Å². The first kappa shape index (κ1) is 16.3. The summed E-state index contributed by atoms with van der Waals surface area (Å²) in [6.07, 6.45) is 2.55. The second-order valence-electron chi connectivity index (χ2n) is 6.21. The van der Waals surface area contributed by atoms with Crippen LogP contribution in [0.4, 0.5) is 0 Å². The zero-order valence-electron chi connectivity index (χ0n) is 13.6. The Balaban J connectivity index is 1.55. The molecule has 0 radical (unpaired) electrons. The molecule has 24 heavy (non-hydrogen) atoms. The van der Waals surface area contributed by atoms with Crippen LogP contribution < -0.4 is 5.73 Å². The molecule has 5 nitrogen and oxygen atoms in total. The molecule has 1 atom stereocenters. The number of likely N-dealkylation sites (tertiary alicyclic amines) is 1. The molecule has 126 valence electrons. The van der Waals surface area contributed by atoms with Crippen LogP contribution in [-0.4, -0.2) is 29.8 Å². The van der Waals surface area contributed by atoms with Gasteiger partial charge in [0, 0.05) is 31.5 Å². The summed E-state index contributed by atoms with van der Waals surface area (Å²) in [5.41, 5.74) is 6.38. The highest BCUT2D eigenvalue weighted by Gasteiger charge is 2.26. The number of hydrogen-bond acceptors (Lipinski definition) is 3. The number of nitrogens with two attached hydrogens (primary N) is 1. The first-order valence-corrected chi connectivity index (χ1v) is 8.34. The molecular formula is C19H22N2O3. The number of amides is 2. The topological polar surface area (TPSA) is 76.5 Å². The molecule has 1 aromatic heterocycles. The van der Waals surface area contributed by atoms with E-state index in [1.54, 1.807) is 4.90 Å². The number of benzene rings is 1. The Morgan fingerprint density at radius 2 is 1.96 bits per heavy atom. The van der Waals surface area contributed by atoms with E-state index in [-0.39, 0.29) is 17.7 Å². The Hall–Kier alpha value is -2.56. The van der Waals surface area contributed by atoms with Crippen LogP contribution in [0.25, 0.3) is 11.3 Å². The first-order valence-electron chi connectivity index (χ1n) is 8.34. The molecule has 3 rings (SSSR count). The highest BCUT2D eigenvalue weighted by Crippen LogP contribution is 2.23. The average Bonchev–Trinajstić information content (AvgIpc) is 3.09. The summed E-state index contributed by atoms with van der Waals surface area (Å²) in [5.74, 6) is 1.14. The Morgan fingerprint density at radius 3 is 2.71 bits per heavy atom. The number of carbonyl (C=O) groups excluding carboxylic acids is 2. The normalized spacial score (nSPS) is 17.7. The summed E-state index contributed by atoms with van der Waals surface area (Å²) >= 11 is 0. The van der Waals surface area contributed by atoms with Crippen LogP contribution in [0.1, 0.15) is 25.0 Å². The second-order valence-corrected chi connectivity index (χ2v) is 6.21. The molecule has 2 N–H and O–H groups in total. The molecule has 2 aromatic rings. The van der Waals surface area contributed by atoms with Crippen molar-refractivity contribution in [1.29, 1.82) is 0 Å². The summed E-state index contributed by atoms with van der Waals surface area (Å²) in [6.45, 7) is 1.15. The van der Waals surface area contributed by atoms with E-state index in [0.717, 1.165) is 29.9 Å². The fourth-order valence-electron chi connectivity index (χ4n) is 3.09. The third-order valence-electron chi connectivity index (χ3n) is 4.48. The van der Waals surface area contributed by atoms with Gasteiger partial charge in [0.05, 0.1) is 5.92 Å². The molecule has 0 saturated carbocycles. The van der Waals surface area contributed by atoms with Gasteiger partial charge in [-0.25, -0.2) is 0 Å². The van der Waals surface area contributed by atoms with Crippen LogP contribution in [0.2, 0.25) is 0 Å². The number of aryl methyl sites for hydroxylation is 1. The summed E-state index contributed by atoms with van der Waals surface area (Å²) < 4.78 is 5.82. The van der Waals surface area contributed by atoms with Gasteiger partial charge in [-0.2, -0.15) is 0 Å². The largest absolute Gasteiger partial charge is 0.461 e. The van der Waals surface area contributed by atoms with Crippen molar-refractivity contribution in [2.75, 3.05) is 13.1 Å². The van der Waals surface area contributed by atoms with Gasteiger partial charge in [0.25, 0.3) is 0 Å². The molecule has 2 amide bonds. The molecule has 0 bridgehead atoms. The van der Waals surface area contributed by atoms with Gasteiger partial charge in [-0.3, -0.25) is 9.59 Å². The third kappa shape index (κ3) is 3.85. The highest BCUT2D eigenvalue weighted by atomic mass is 16.3. The minimum absolute atomic E-state index is 0.0543. The molecule has 1 saturated heterocycles. The number of piperidine rings is 1. The Kier molecular flexibility index (Phi) is 4.99. The van der Waals surface area contributed by atoms with Crippen molar-refractivity contribution in [2.45, 2.75) is 25.7 Å². The van der Waals surface area contributed by atoms with Crippen LogP contribution in [0.5, 0.6) is 0 Å². The van der Waals surface area contributed by atoms with Crippen molar-refractivity contribution < 1.29 is 14.0 Å². The zero-order chi connectivity index (χ0) is 16.9. The standard InChI is InChI=1S/C19H22N2O3/c20-19(23)15-7-4-12-21(13-15)18(22)11-9-16-8-10-17(24-16)14-5-2-1-3-6-14/h1-3,5-6,8,10,15H,4,7,9,11-13H2,(H2,20,23). The molecule has 1 aromatic carbocycles. The molecule has 1 aliphatic rings. The van der Waals surface area contributed by atoms with E-state index >= 15 is 0 Å². The number of furan rings is 1. The molecule has 0 spiro atoms. The maximum Gasteiger partial charge on any atom is 0.223 e. The van der Waals surface area contributed by atoms with E-state index in [2.05, 4.69) is 0 Å². The fraction of sp³-hybridized carbons (Fsp3) is 0.368. The molecular weight excluding hydrogens is 304 g/mol. The summed E-state index contributed by atoms with van der Waals surface area (Å²) in [6, 6.07) is 13.7. The molecule has 1 unspecified atom stereocenters. The number of primary amides is 1. The number of nitrogens with zero attached hydrogens (tertiary/aromatic N) is 1. The first-order chi connectivity index (χ1) is 11.6. The lowest BCUT2D eigenvalue weighted by molar-refractivity contribution is -0.134. The van der Waals surface area contributed by atoms with Crippen molar-refractivity contribution in [3.05, 3.63) is 48.2 Å². The van der Waals surface area contributed by atoms with Gasteiger partial charge < -0.3 is 15.1 Å². The van der Waals surface area contributed by atoms with Gasteiger partial charge in [0.1, 0.15) is 11.5 Å². The lowest BCUT2D eigenvalue weighted by atomic mass is 9.97. The lowest BCUT2D eigenvalue weighted by Crippen LogP contribution is -2.44. The van der Waals surface area contributed by atoms with E-state index in [1.165, 1.54) is 0 Å². The maximum absolute atomic E-state index is 12.3. The number of carbonyl (C=O) groups is 2.